The van der Waals surface area contributed by atoms with E-state index in [9.17, 15) is 4.79 Å². The number of rotatable bonds is 3. The Morgan fingerprint density at radius 1 is 1.07 bits per heavy atom. The van der Waals surface area contributed by atoms with Crippen LogP contribution in [0.1, 0.15) is 41.8 Å². The van der Waals surface area contributed by atoms with Crippen LogP contribution in [-0.2, 0) is 6.54 Å². The summed E-state index contributed by atoms with van der Waals surface area (Å²) in [6.07, 6.45) is 3.00. The average Bonchev–Trinajstić information content (AvgIpc) is 3.11. The molecule has 0 saturated heterocycles. The molecule has 0 saturated carbocycles. The van der Waals surface area contributed by atoms with Crippen molar-refractivity contribution in [2.45, 2.75) is 32.9 Å². The van der Waals surface area contributed by atoms with Crippen LogP contribution in [0.25, 0.3) is 5.69 Å². The zero-order valence-corrected chi connectivity index (χ0v) is 15.9. The van der Waals surface area contributed by atoms with Crippen LogP contribution in [0.2, 0.25) is 0 Å². The molecule has 4 rings (SSSR count). The largest absolute Gasteiger partial charge is 0.338 e. The van der Waals surface area contributed by atoms with E-state index in [1.54, 1.807) is 0 Å². The van der Waals surface area contributed by atoms with Gasteiger partial charge in [0.15, 0.2) is 0 Å². The molecule has 0 unspecified atom stereocenters. The van der Waals surface area contributed by atoms with Gasteiger partial charge < -0.3 is 14.8 Å². The van der Waals surface area contributed by atoms with Crippen molar-refractivity contribution in [2.24, 2.45) is 0 Å². The maximum atomic E-state index is 13.1. The number of carbonyl (C=O) groups excluding carboxylic acids is 1. The molecule has 2 aromatic carbocycles. The highest BCUT2D eigenvalue weighted by molar-refractivity contribution is 5.76. The van der Waals surface area contributed by atoms with Crippen molar-refractivity contribution in [1.29, 1.82) is 0 Å². The SMILES string of the molecule is CCCNC(=O)N1Cc2ccccc2-n2cccc2[C@H]1c1ccc(C)cc1. The van der Waals surface area contributed by atoms with Crippen molar-refractivity contribution >= 4 is 6.03 Å². The molecule has 1 aliphatic heterocycles. The Balaban J connectivity index is 1.87. The number of carbonyl (C=O) groups is 1. The Kier molecular flexibility index (Phi) is 4.71. The van der Waals surface area contributed by atoms with Gasteiger partial charge in [-0.25, -0.2) is 4.79 Å². The zero-order valence-electron chi connectivity index (χ0n) is 15.9. The molecule has 2 amide bonds. The van der Waals surface area contributed by atoms with Gasteiger partial charge in [0.2, 0.25) is 0 Å². The molecule has 1 aromatic heterocycles. The Morgan fingerprint density at radius 3 is 2.63 bits per heavy atom. The molecule has 0 radical (unpaired) electrons. The molecule has 1 aliphatic rings. The number of nitrogens with zero attached hydrogens (tertiary/aromatic N) is 2. The van der Waals surface area contributed by atoms with Crippen molar-refractivity contribution in [3.05, 3.63) is 89.2 Å². The highest BCUT2D eigenvalue weighted by Gasteiger charge is 2.32. The Hall–Kier alpha value is -3.01. The van der Waals surface area contributed by atoms with Crippen molar-refractivity contribution in [3.8, 4) is 5.69 Å². The number of aryl methyl sites for hydroxylation is 1. The molecule has 1 N–H and O–H groups in total. The summed E-state index contributed by atoms with van der Waals surface area (Å²) < 4.78 is 2.22. The van der Waals surface area contributed by atoms with Crippen LogP contribution >= 0.6 is 0 Å². The third-order valence-electron chi connectivity index (χ3n) is 5.14. The third kappa shape index (κ3) is 3.23. The number of urea groups is 1. The molecule has 0 aliphatic carbocycles. The predicted molar refractivity (Wildman–Crippen MR) is 108 cm³/mol. The van der Waals surface area contributed by atoms with Crippen molar-refractivity contribution < 1.29 is 4.79 Å². The van der Waals surface area contributed by atoms with Crippen LogP contribution in [0.15, 0.2) is 66.9 Å². The van der Waals surface area contributed by atoms with Gasteiger partial charge in [-0.05, 0) is 42.7 Å². The van der Waals surface area contributed by atoms with Gasteiger partial charge in [0.1, 0.15) is 0 Å². The first-order valence-electron chi connectivity index (χ1n) is 9.55. The van der Waals surface area contributed by atoms with E-state index in [0.717, 1.165) is 28.9 Å². The summed E-state index contributed by atoms with van der Waals surface area (Å²) in [6.45, 7) is 5.41. The standard InChI is InChI=1S/C23H25N3O/c1-3-14-24-23(27)26-16-19-7-4-5-8-20(19)25-15-6-9-21(25)22(26)18-12-10-17(2)11-13-18/h4-13,15,22H,3,14,16H2,1-2H3,(H,24,27)/t22-/m1/s1. The number of para-hydroxylation sites is 1. The molecule has 3 aromatic rings. The molecule has 0 bridgehead atoms. The lowest BCUT2D eigenvalue weighted by Crippen LogP contribution is -2.42. The molecular formula is C23H25N3O. The maximum absolute atomic E-state index is 13.1. The molecule has 1 atom stereocenters. The van der Waals surface area contributed by atoms with Crippen LogP contribution < -0.4 is 5.32 Å². The lowest BCUT2D eigenvalue weighted by Gasteiger charge is -2.31. The van der Waals surface area contributed by atoms with Crippen molar-refractivity contribution in [2.75, 3.05) is 6.54 Å². The lowest BCUT2D eigenvalue weighted by atomic mass is 10.0. The fourth-order valence-electron chi connectivity index (χ4n) is 3.77. The first-order valence-corrected chi connectivity index (χ1v) is 9.55. The Bertz CT molecular complexity index is 942. The third-order valence-corrected chi connectivity index (χ3v) is 5.14. The lowest BCUT2D eigenvalue weighted by molar-refractivity contribution is 0.180. The minimum atomic E-state index is -0.134. The van der Waals surface area contributed by atoms with Crippen molar-refractivity contribution in [1.82, 2.24) is 14.8 Å². The molecule has 0 spiro atoms. The van der Waals surface area contributed by atoms with Gasteiger partial charge >= 0.3 is 6.03 Å². The molecule has 27 heavy (non-hydrogen) atoms. The maximum Gasteiger partial charge on any atom is 0.318 e. The monoisotopic (exact) mass is 359 g/mol. The van der Waals surface area contributed by atoms with E-state index in [-0.39, 0.29) is 12.1 Å². The highest BCUT2D eigenvalue weighted by Crippen LogP contribution is 2.36. The van der Waals surface area contributed by atoms with Crippen LogP contribution in [0.3, 0.4) is 0 Å². The summed E-state index contributed by atoms with van der Waals surface area (Å²) in [5.74, 6) is 0. The second-order valence-electron chi connectivity index (χ2n) is 7.10. The average molecular weight is 359 g/mol. The summed E-state index contributed by atoms with van der Waals surface area (Å²) in [5, 5.41) is 3.07. The van der Waals surface area contributed by atoms with E-state index in [0.29, 0.717) is 13.1 Å². The summed E-state index contributed by atoms with van der Waals surface area (Å²) >= 11 is 0. The Labute approximate surface area is 160 Å². The van der Waals surface area contributed by atoms with Gasteiger partial charge in [-0.1, -0.05) is 55.0 Å². The van der Waals surface area contributed by atoms with Gasteiger partial charge in [0.25, 0.3) is 0 Å². The molecule has 138 valence electrons. The fourth-order valence-corrected chi connectivity index (χ4v) is 3.77. The molecule has 4 nitrogen and oxygen atoms in total. The zero-order chi connectivity index (χ0) is 18.8. The van der Waals surface area contributed by atoms with Gasteiger partial charge in [0, 0.05) is 18.4 Å². The van der Waals surface area contributed by atoms with E-state index < -0.39 is 0 Å². The number of hydrogen-bond donors (Lipinski definition) is 1. The molecule has 0 fully saturated rings. The van der Waals surface area contributed by atoms with Crippen LogP contribution in [0.4, 0.5) is 4.79 Å². The normalized spacial score (nSPS) is 15.6. The van der Waals surface area contributed by atoms with E-state index in [1.807, 2.05) is 11.0 Å². The first kappa shape index (κ1) is 17.4. The molecular weight excluding hydrogens is 334 g/mol. The molecule has 2 heterocycles. The predicted octanol–water partition coefficient (Wildman–Crippen LogP) is 4.81. The number of aromatic nitrogens is 1. The van der Waals surface area contributed by atoms with Gasteiger partial charge in [0.05, 0.1) is 18.3 Å². The van der Waals surface area contributed by atoms with Crippen LogP contribution in [0, 0.1) is 6.92 Å². The minimum Gasteiger partial charge on any atom is -0.338 e. The van der Waals surface area contributed by atoms with Crippen LogP contribution in [0.5, 0.6) is 0 Å². The van der Waals surface area contributed by atoms with E-state index >= 15 is 0 Å². The van der Waals surface area contributed by atoms with Gasteiger partial charge in [-0.2, -0.15) is 0 Å². The number of amides is 2. The minimum absolute atomic E-state index is 0.0214. The first-order chi connectivity index (χ1) is 13.2. The summed E-state index contributed by atoms with van der Waals surface area (Å²) in [6, 6.07) is 20.8. The second kappa shape index (κ2) is 7.31. The number of hydrogen-bond acceptors (Lipinski definition) is 1. The smallest absolute Gasteiger partial charge is 0.318 e. The summed E-state index contributed by atoms with van der Waals surface area (Å²) in [4.78, 5) is 15.1. The van der Waals surface area contributed by atoms with Crippen molar-refractivity contribution in [3.63, 3.8) is 0 Å². The fraction of sp³-hybridized carbons (Fsp3) is 0.261. The Morgan fingerprint density at radius 2 is 1.85 bits per heavy atom. The summed E-state index contributed by atoms with van der Waals surface area (Å²) in [5.41, 5.74) is 5.74. The van der Waals surface area contributed by atoms with Gasteiger partial charge in [-0.15, -0.1) is 0 Å². The molecule has 4 heteroatoms. The second-order valence-corrected chi connectivity index (χ2v) is 7.10. The summed E-state index contributed by atoms with van der Waals surface area (Å²) in [7, 11) is 0. The van der Waals surface area contributed by atoms with Gasteiger partial charge in [-0.3, -0.25) is 0 Å². The quantitative estimate of drug-likeness (QED) is 0.716. The number of fused-ring (bicyclic) bond motifs is 3. The van der Waals surface area contributed by atoms with E-state index in [2.05, 4.69) is 84.5 Å². The van der Waals surface area contributed by atoms with Crippen LogP contribution in [-0.4, -0.2) is 22.0 Å². The topological polar surface area (TPSA) is 37.3 Å². The highest BCUT2D eigenvalue weighted by atomic mass is 16.2. The van der Waals surface area contributed by atoms with E-state index in [4.69, 9.17) is 0 Å². The van der Waals surface area contributed by atoms with E-state index in [1.165, 1.54) is 5.56 Å². The number of nitrogens with one attached hydrogen (secondary N) is 1. The number of benzene rings is 2.